The van der Waals surface area contributed by atoms with Gasteiger partial charge >= 0.3 is 5.97 Å². The average Bonchev–Trinajstić information content (AvgIpc) is 1.97. The Kier molecular flexibility index (Phi) is 5.66. The van der Waals surface area contributed by atoms with Crippen LogP contribution in [-0.2, 0) is 4.79 Å². The number of rotatable bonds is 6. The molecule has 0 fully saturated rings. The van der Waals surface area contributed by atoms with Crippen LogP contribution in [0.3, 0.4) is 0 Å². The highest BCUT2D eigenvalue weighted by Gasteiger charge is 2.03. The Hall–Kier alpha value is -0.610. The van der Waals surface area contributed by atoms with Crippen LogP contribution in [0.2, 0.25) is 0 Å². The van der Waals surface area contributed by atoms with E-state index in [1.165, 1.54) is 0 Å². The second kappa shape index (κ2) is 5.97. The predicted molar refractivity (Wildman–Crippen MR) is 48.3 cm³/mol. The van der Waals surface area contributed by atoms with Gasteiger partial charge in [-0.05, 0) is 21.0 Å². The quantitative estimate of drug-likeness (QED) is 0.557. The summed E-state index contributed by atoms with van der Waals surface area (Å²) in [5, 5.41) is 11.4. The van der Waals surface area contributed by atoms with Gasteiger partial charge in [0, 0.05) is 19.1 Å². The second-order valence-corrected chi connectivity index (χ2v) is 3.16. The van der Waals surface area contributed by atoms with E-state index in [0.29, 0.717) is 12.6 Å². The Bertz CT molecular complexity index is 137. The van der Waals surface area contributed by atoms with Crippen molar-refractivity contribution in [3.63, 3.8) is 0 Å². The van der Waals surface area contributed by atoms with Gasteiger partial charge in [-0.25, -0.2) is 0 Å². The van der Waals surface area contributed by atoms with Crippen LogP contribution < -0.4 is 5.32 Å². The second-order valence-electron chi connectivity index (χ2n) is 3.16. The fourth-order valence-corrected chi connectivity index (χ4v) is 0.689. The van der Waals surface area contributed by atoms with Gasteiger partial charge in [0.1, 0.15) is 0 Å². The molecule has 0 heterocycles. The van der Waals surface area contributed by atoms with Crippen molar-refractivity contribution in [3.8, 4) is 0 Å². The van der Waals surface area contributed by atoms with Crippen LogP contribution in [0.1, 0.15) is 13.3 Å². The van der Waals surface area contributed by atoms with E-state index in [-0.39, 0.29) is 6.42 Å². The molecule has 4 nitrogen and oxygen atoms in total. The number of hydrogen-bond donors (Lipinski definition) is 2. The molecule has 1 atom stereocenters. The van der Waals surface area contributed by atoms with E-state index in [1.54, 1.807) is 0 Å². The molecule has 0 bridgehead atoms. The Morgan fingerprint density at radius 3 is 2.58 bits per heavy atom. The number of aliphatic carboxylic acids is 1. The third kappa shape index (κ3) is 6.12. The number of carbonyl (C=O) groups is 1. The number of nitrogens with one attached hydrogen (secondary N) is 1. The molecule has 0 amide bonds. The Balaban J connectivity index is 3.25. The zero-order chi connectivity index (χ0) is 9.56. The van der Waals surface area contributed by atoms with Gasteiger partial charge in [-0.2, -0.15) is 0 Å². The van der Waals surface area contributed by atoms with Gasteiger partial charge in [-0.15, -0.1) is 0 Å². The molecule has 0 aliphatic carbocycles. The van der Waals surface area contributed by atoms with Gasteiger partial charge in [0.05, 0.1) is 6.42 Å². The van der Waals surface area contributed by atoms with Crippen molar-refractivity contribution in [1.82, 2.24) is 10.2 Å². The highest BCUT2D eigenvalue weighted by molar-refractivity contribution is 5.66. The summed E-state index contributed by atoms with van der Waals surface area (Å²) in [6.45, 7) is 3.47. The molecule has 0 aromatic carbocycles. The van der Waals surface area contributed by atoms with Crippen molar-refractivity contribution in [2.75, 3.05) is 27.2 Å². The minimum Gasteiger partial charge on any atom is -0.481 e. The molecule has 0 aromatic rings. The Labute approximate surface area is 73.6 Å². The SMILES string of the molecule is CC(CNCCC(=O)O)N(C)C. The smallest absolute Gasteiger partial charge is 0.304 e. The van der Waals surface area contributed by atoms with E-state index in [0.717, 1.165) is 6.54 Å². The first-order valence-electron chi connectivity index (χ1n) is 4.13. The third-order valence-corrected chi connectivity index (χ3v) is 1.84. The van der Waals surface area contributed by atoms with Crippen molar-refractivity contribution < 1.29 is 9.90 Å². The molecular formula is C8H18N2O2. The molecular weight excluding hydrogens is 156 g/mol. The molecule has 0 saturated heterocycles. The molecule has 12 heavy (non-hydrogen) atoms. The van der Waals surface area contributed by atoms with Crippen LogP contribution in [0, 0.1) is 0 Å². The molecule has 0 aromatic heterocycles. The summed E-state index contributed by atoms with van der Waals surface area (Å²) in [7, 11) is 4.01. The summed E-state index contributed by atoms with van der Waals surface area (Å²) in [6.07, 6.45) is 0.195. The molecule has 72 valence electrons. The summed E-state index contributed by atoms with van der Waals surface area (Å²) in [5.41, 5.74) is 0. The van der Waals surface area contributed by atoms with Crippen molar-refractivity contribution >= 4 is 5.97 Å². The molecule has 0 aliphatic rings. The van der Waals surface area contributed by atoms with Crippen molar-refractivity contribution in [2.24, 2.45) is 0 Å². The standard InChI is InChI=1S/C8H18N2O2/c1-7(10(2)3)6-9-5-4-8(11)12/h7,9H,4-6H2,1-3H3,(H,11,12). The van der Waals surface area contributed by atoms with E-state index in [9.17, 15) is 4.79 Å². The van der Waals surface area contributed by atoms with E-state index in [1.807, 2.05) is 14.1 Å². The molecule has 0 saturated carbocycles. The van der Waals surface area contributed by atoms with Crippen LogP contribution in [-0.4, -0.2) is 49.2 Å². The molecule has 0 aliphatic heterocycles. The van der Waals surface area contributed by atoms with Crippen molar-refractivity contribution in [2.45, 2.75) is 19.4 Å². The summed E-state index contributed by atoms with van der Waals surface area (Å²) in [4.78, 5) is 12.2. The summed E-state index contributed by atoms with van der Waals surface area (Å²) in [5.74, 6) is -0.750. The van der Waals surface area contributed by atoms with Crippen LogP contribution in [0.25, 0.3) is 0 Å². The lowest BCUT2D eigenvalue weighted by atomic mass is 10.3. The number of carboxylic acid groups (broad SMARTS) is 1. The predicted octanol–water partition coefficient (Wildman–Crippen LogP) is 0.000800. The zero-order valence-corrected chi connectivity index (χ0v) is 8.00. The summed E-state index contributed by atoms with van der Waals surface area (Å²) < 4.78 is 0. The summed E-state index contributed by atoms with van der Waals surface area (Å²) in [6, 6.07) is 0.443. The lowest BCUT2D eigenvalue weighted by Gasteiger charge is -2.19. The topological polar surface area (TPSA) is 52.6 Å². The van der Waals surface area contributed by atoms with E-state index in [4.69, 9.17) is 5.11 Å². The average molecular weight is 174 g/mol. The van der Waals surface area contributed by atoms with Gasteiger partial charge in [-0.3, -0.25) is 4.79 Å². The number of nitrogens with zero attached hydrogens (tertiary/aromatic N) is 1. The first-order chi connectivity index (χ1) is 5.54. The maximum Gasteiger partial charge on any atom is 0.304 e. The summed E-state index contributed by atoms with van der Waals surface area (Å²) >= 11 is 0. The highest BCUT2D eigenvalue weighted by atomic mass is 16.4. The molecule has 0 rings (SSSR count). The molecule has 0 radical (unpaired) electrons. The van der Waals surface area contributed by atoms with Crippen LogP contribution in [0.5, 0.6) is 0 Å². The zero-order valence-electron chi connectivity index (χ0n) is 8.00. The molecule has 2 N–H and O–H groups in total. The molecule has 1 unspecified atom stereocenters. The van der Waals surface area contributed by atoms with E-state index >= 15 is 0 Å². The van der Waals surface area contributed by atoms with Crippen LogP contribution >= 0.6 is 0 Å². The normalized spacial score (nSPS) is 13.3. The first kappa shape index (κ1) is 11.4. The number of likely N-dealkylation sites (N-methyl/N-ethyl adjacent to an activating group) is 1. The van der Waals surface area contributed by atoms with E-state index in [2.05, 4.69) is 17.1 Å². The fourth-order valence-electron chi connectivity index (χ4n) is 0.689. The monoisotopic (exact) mass is 174 g/mol. The maximum absolute atomic E-state index is 10.1. The largest absolute Gasteiger partial charge is 0.481 e. The molecule has 4 heteroatoms. The fraction of sp³-hybridized carbons (Fsp3) is 0.875. The van der Waals surface area contributed by atoms with Gasteiger partial charge in [0.2, 0.25) is 0 Å². The van der Waals surface area contributed by atoms with Crippen molar-refractivity contribution in [3.05, 3.63) is 0 Å². The molecule has 0 spiro atoms. The Morgan fingerprint density at radius 1 is 1.58 bits per heavy atom. The van der Waals surface area contributed by atoms with Gasteiger partial charge in [0.15, 0.2) is 0 Å². The van der Waals surface area contributed by atoms with Crippen molar-refractivity contribution in [1.29, 1.82) is 0 Å². The lowest BCUT2D eigenvalue weighted by Crippen LogP contribution is -2.36. The minimum absolute atomic E-state index is 0.195. The number of hydrogen-bond acceptors (Lipinski definition) is 3. The Morgan fingerprint density at radius 2 is 2.17 bits per heavy atom. The first-order valence-corrected chi connectivity index (χ1v) is 4.13. The van der Waals surface area contributed by atoms with E-state index < -0.39 is 5.97 Å². The van der Waals surface area contributed by atoms with Gasteiger partial charge in [-0.1, -0.05) is 0 Å². The third-order valence-electron chi connectivity index (χ3n) is 1.84. The number of carboxylic acids is 1. The minimum atomic E-state index is -0.750. The van der Waals surface area contributed by atoms with Crippen LogP contribution in [0.15, 0.2) is 0 Å². The lowest BCUT2D eigenvalue weighted by molar-refractivity contribution is -0.136. The van der Waals surface area contributed by atoms with Gasteiger partial charge < -0.3 is 15.3 Å². The maximum atomic E-state index is 10.1. The highest BCUT2D eigenvalue weighted by Crippen LogP contribution is 1.88. The van der Waals surface area contributed by atoms with Gasteiger partial charge in [0.25, 0.3) is 0 Å². The van der Waals surface area contributed by atoms with Crippen LogP contribution in [0.4, 0.5) is 0 Å².